The van der Waals surface area contributed by atoms with Crippen LogP contribution in [-0.4, -0.2) is 43.7 Å². The monoisotopic (exact) mass is 444 g/mol. The quantitative estimate of drug-likeness (QED) is 0.528. The van der Waals surface area contributed by atoms with Gasteiger partial charge < -0.3 is 18.5 Å². The van der Waals surface area contributed by atoms with Crippen molar-refractivity contribution in [2.24, 2.45) is 0 Å². The molecule has 0 N–H and O–H groups in total. The molecule has 4 rings (SSSR count). The lowest BCUT2D eigenvalue weighted by Gasteiger charge is -2.22. The van der Waals surface area contributed by atoms with Gasteiger partial charge >= 0.3 is 0 Å². The molecule has 8 nitrogen and oxygen atoms in total. The number of hydrogen-bond donors (Lipinski definition) is 0. The molecule has 1 amide bonds. The van der Waals surface area contributed by atoms with Crippen LogP contribution in [0.4, 0.5) is 0 Å². The van der Waals surface area contributed by atoms with E-state index in [1.807, 2.05) is 0 Å². The van der Waals surface area contributed by atoms with Gasteiger partial charge in [-0.25, -0.2) is 8.42 Å². The third-order valence-corrected chi connectivity index (χ3v) is 7.15. The molecule has 9 heteroatoms. The highest BCUT2D eigenvalue weighted by molar-refractivity contribution is 7.89. The van der Waals surface area contributed by atoms with Crippen LogP contribution >= 0.6 is 0 Å². The molecule has 1 aliphatic heterocycles. The summed E-state index contributed by atoms with van der Waals surface area (Å²) >= 11 is 0. The van der Waals surface area contributed by atoms with Crippen molar-refractivity contribution in [3.05, 3.63) is 72.1 Å². The molecule has 1 fully saturated rings. The van der Waals surface area contributed by atoms with E-state index >= 15 is 0 Å². The van der Waals surface area contributed by atoms with Gasteiger partial charge in [-0.15, -0.1) is 0 Å². The minimum Gasteiger partial charge on any atom is -0.495 e. The van der Waals surface area contributed by atoms with Crippen molar-refractivity contribution in [2.75, 3.05) is 20.2 Å². The number of benzene rings is 1. The van der Waals surface area contributed by atoms with E-state index in [-0.39, 0.29) is 35.2 Å². The second kappa shape index (κ2) is 8.99. The van der Waals surface area contributed by atoms with Crippen molar-refractivity contribution in [3.63, 3.8) is 0 Å². The van der Waals surface area contributed by atoms with Gasteiger partial charge in [-0.05, 0) is 55.3 Å². The molecule has 1 aliphatic rings. The number of amides is 1. The molecular weight excluding hydrogens is 420 g/mol. The lowest BCUT2D eigenvalue weighted by Crippen LogP contribution is -2.31. The summed E-state index contributed by atoms with van der Waals surface area (Å²) in [4.78, 5) is 14.9. The van der Waals surface area contributed by atoms with Crippen LogP contribution < -0.4 is 4.74 Å². The average molecular weight is 445 g/mol. The predicted molar refractivity (Wildman–Crippen MR) is 112 cm³/mol. The van der Waals surface area contributed by atoms with Crippen LogP contribution in [0.1, 0.15) is 34.7 Å². The number of methoxy groups -OCH3 is 1. The molecule has 3 heterocycles. The largest absolute Gasteiger partial charge is 0.495 e. The molecule has 0 saturated carbocycles. The summed E-state index contributed by atoms with van der Waals surface area (Å²) in [5, 5.41) is 0. The van der Waals surface area contributed by atoms with Crippen molar-refractivity contribution in [3.8, 4) is 5.75 Å². The number of sulfonamides is 1. The number of furan rings is 2. The summed E-state index contributed by atoms with van der Waals surface area (Å²) in [5.74, 6) is 1.09. The van der Waals surface area contributed by atoms with E-state index in [4.69, 9.17) is 13.6 Å². The Bertz CT molecular complexity index is 1080. The molecule has 0 bridgehead atoms. The second-order valence-corrected chi connectivity index (χ2v) is 9.20. The number of ether oxygens (including phenoxy) is 1. The third-order valence-electron chi connectivity index (χ3n) is 5.23. The van der Waals surface area contributed by atoms with E-state index in [2.05, 4.69) is 0 Å². The molecule has 31 heavy (non-hydrogen) atoms. The van der Waals surface area contributed by atoms with Gasteiger partial charge in [0.1, 0.15) is 22.2 Å². The topological polar surface area (TPSA) is 93.2 Å². The number of nitrogens with zero attached hydrogens (tertiary/aromatic N) is 2. The normalized spacial score (nSPS) is 14.6. The van der Waals surface area contributed by atoms with Crippen molar-refractivity contribution in [2.45, 2.75) is 30.8 Å². The van der Waals surface area contributed by atoms with Gasteiger partial charge in [0.05, 0.1) is 32.7 Å². The molecular formula is C22H24N2O6S. The van der Waals surface area contributed by atoms with Gasteiger partial charge in [-0.2, -0.15) is 4.31 Å². The summed E-state index contributed by atoms with van der Waals surface area (Å²) in [6.45, 7) is 1.36. The molecule has 3 aromatic rings. The summed E-state index contributed by atoms with van der Waals surface area (Å²) in [6.07, 6.45) is 4.72. The Morgan fingerprint density at radius 2 is 1.65 bits per heavy atom. The summed E-state index contributed by atoms with van der Waals surface area (Å²) in [6, 6.07) is 11.5. The Labute approximate surface area is 181 Å². The molecule has 0 atom stereocenters. The van der Waals surface area contributed by atoms with Gasteiger partial charge in [0.15, 0.2) is 0 Å². The second-order valence-electron chi connectivity index (χ2n) is 7.30. The van der Waals surface area contributed by atoms with Crippen LogP contribution in [-0.2, 0) is 23.1 Å². The highest BCUT2D eigenvalue weighted by Gasteiger charge is 2.31. The molecule has 0 unspecified atom stereocenters. The highest BCUT2D eigenvalue weighted by atomic mass is 32.2. The molecule has 1 saturated heterocycles. The zero-order chi connectivity index (χ0) is 21.8. The molecule has 164 valence electrons. The van der Waals surface area contributed by atoms with Crippen LogP contribution in [0.3, 0.4) is 0 Å². The summed E-state index contributed by atoms with van der Waals surface area (Å²) in [5.41, 5.74) is 0.247. The maximum Gasteiger partial charge on any atom is 0.254 e. The molecule has 1 aromatic carbocycles. The van der Waals surface area contributed by atoms with Crippen molar-refractivity contribution < 1.29 is 26.8 Å². The predicted octanol–water partition coefficient (Wildman–Crippen LogP) is 3.51. The van der Waals surface area contributed by atoms with Crippen molar-refractivity contribution in [1.29, 1.82) is 0 Å². The molecule has 0 spiro atoms. The van der Waals surface area contributed by atoms with Crippen molar-refractivity contribution >= 4 is 15.9 Å². The Kier molecular flexibility index (Phi) is 6.15. The Hall–Kier alpha value is -3.04. The standard InChI is InChI=1S/C22H24N2O6S/c1-28-20-9-8-17(14-21(20)31(26,27)24-10-2-3-11-24)22(25)23(15-18-6-4-12-29-18)16-19-7-5-13-30-19/h4-9,12-14H,2-3,10-11,15-16H2,1H3. The smallest absolute Gasteiger partial charge is 0.254 e. The number of rotatable bonds is 8. The summed E-state index contributed by atoms with van der Waals surface area (Å²) < 4.78 is 43.9. The van der Waals surface area contributed by atoms with E-state index < -0.39 is 10.0 Å². The first-order valence-corrected chi connectivity index (χ1v) is 11.5. The SMILES string of the molecule is COc1ccc(C(=O)N(Cc2ccco2)Cc2ccco2)cc1S(=O)(=O)N1CCCC1. The lowest BCUT2D eigenvalue weighted by molar-refractivity contribution is 0.0704. The summed E-state index contributed by atoms with van der Waals surface area (Å²) in [7, 11) is -2.35. The third kappa shape index (κ3) is 4.52. The minimum atomic E-state index is -3.76. The van der Waals surface area contributed by atoms with Crippen LogP contribution in [0, 0.1) is 0 Å². The van der Waals surface area contributed by atoms with E-state index in [0.717, 1.165) is 12.8 Å². The van der Waals surface area contributed by atoms with Gasteiger partial charge in [-0.3, -0.25) is 4.79 Å². The lowest BCUT2D eigenvalue weighted by atomic mass is 10.1. The van der Waals surface area contributed by atoms with E-state index in [9.17, 15) is 13.2 Å². The Morgan fingerprint density at radius 3 is 2.16 bits per heavy atom. The fourth-order valence-corrected chi connectivity index (χ4v) is 5.34. The molecule has 0 aliphatic carbocycles. The maximum absolute atomic E-state index is 13.4. The minimum absolute atomic E-state index is 0.00121. The number of carbonyl (C=O) groups excluding carboxylic acids is 1. The Morgan fingerprint density at radius 1 is 1.03 bits per heavy atom. The first-order valence-electron chi connectivity index (χ1n) is 10.0. The zero-order valence-electron chi connectivity index (χ0n) is 17.2. The van der Waals surface area contributed by atoms with Crippen LogP contribution in [0.2, 0.25) is 0 Å². The maximum atomic E-state index is 13.4. The molecule has 2 aromatic heterocycles. The van der Waals surface area contributed by atoms with Crippen LogP contribution in [0.15, 0.2) is 68.7 Å². The van der Waals surface area contributed by atoms with Gasteiger partial charge in [0, 0.05) is 18.7 Å². The Balaban J connectivity index is 1.68. The van der Waals surface area contributed by atoms with E-state index in [1.165, 1.54) is 23.5 Å². The van der Waals surface area contributed by atoms with Gasteiger partial charge in [0.25, 0.3) is 5.91 Å². The molecule has 0 radical (unpaired) electrons. The van der Waals surface area contributed by atoms with E-state index in [1.54, 1.807) is 47.8 Å². The van der Waals surface area contributed by atoms with Gasteiger partial charge in [0.2, 0.25) is 10.0 Å². The van der Waals surface area contributed by atoms with Crippen molar-refractivity contribution in [1.82, 2.24) is 9.21 Å². The number of hydrogen-bond acceptors (Lipinski definition) is 6. The first kappa shape index (κ1) is 21.2. The highest BCUT2D eigenvalue weighted by Crippen LogP contribution is 2.30. The first-order chi connectivity index (χ1) is 15.0. The van der Waals surface area contributed by atoms with Crippen LogP contribution in [0.5, 0.6) is 5.75 Å². The fourth-order valence-electron chi connectivity index (χ4n) is 3.64. The average Bonchev–Trinajstić information content (AvgIpc) is 3.56. The van der Waals surface area contributed by atoms with Crippen LogP contribution in [0.25, 0.3) is 0 Å². The fraction of sp³-hybridized carbons (Fsp3) is 0.318. The van der Waals surface area contributed by atoms with Gasteiger partial charge in [-0.1, -0.05) is 0 Å². The number of carbonyl (C=O) groups is 1. The zero-order valence-corrected chi connectivity index (χ0v) is 18.0. The van der Waals surface area contributed by atoms with E-state index in [0.29, 0.717) is 24.6 Å².